The van der Waals surface area contributed by atoms with Crippen molar-refractivity contribution in [2.24, 2.45) is 11.8 Å². The number of imide groups is 1. The Kier molecular flexibility index (Phi) is 4.42. The van der Waals surface area contributed by atoms with Crippen molar-refractivity contribution in [2.45, 2.75) is 31.6 Å². The number of benzene rings is 3. The maximum Gasteiger partial charge on any atom is 0.238 e. The lowest BCUT2D eigenvalue weighted by atomic mass is 9.55. The van der Waals surface area contributed by atoms with Gasteiger partial charge in [-0.05, 0) is 52.9 Å². The molecule has 0 saturated carbocycles. The van der Waals surface area contributed by atoms with Gasteiger partial charge in [0.15, 0.2) is 0 Å². The van der Waals surface area contributed by atoms with Crippen LogP contribution < -0.4 is 9.64 Å². The van der Waals surface area contributed by atoms with E-state index in [0.717, 1.165) is 18.6 Å². The molecule has 0 radical (unpaired) electrons. The number of hydrogen-bond acceptors (Lipinski definition) is 3. The van der Waals surface area contributed by atoms with Crippen molar-refractivity contribution in [1.82, 2.24) is 0 Å². The lowest BCUT2D eigenvalue weighted by molar-refractivity contribution is -0.122. The van der Waals surface area contributed by atoms with Crippen LogP contribution in [-0.2, 0) is 9.59 Å². The van der Waals surface area contributed by atoms with Gasteiger partial charge in [-0.15, -0.1) is 0 Å². The van der Waals surface area contributed by atoms with E-state index in [1.807, 2.05) is 48.5 Å². The van der Waals surface area contributed by atoms with Crippen LogP contribution in [0, 0.1) is 11.8 Å². The normalized spacial score (nSPS) is 24.8. The van der Waals surface area contributed by atoms with Gasteiger partial charge < -0.3 is 4.74 Å². The summed E-state index contributed by atoms with van der Waals surface area (Å²) >= 11 is 0. The molecule has 2 amide bonds. The van der Waals surface area contributed by atoms with Gasteiger partial charge in [0.1, 0.15) is 5.75 Å². The van der Waals surface area contributed by atoms with Crippen LogP contribution in [0.4, 0.5) is 5.69 Å². The van der Waals surface area contributed by atoms with E-state index < -0.39 is 0 Å². The van der Waals surface area contributed by atoms with Crippen LogP contribution in [-0.4, -0.2) is 18.4 Å². The Hall–Kier alpha value is -3.40. The van der Waals surface area contributed by atoms with Gasteiger partial charge >= 0.3 is 0 Å². The molecule has 3 aliphatic carbocycles. The summed E-state index contributed by atoms with van der Waals surface area (Å²) in [5.41, 5.74) is 5.41. The molecule has 2 bridgehead atoms. The molecule has 1 heterocycles. The molecule has 3 aromatic carbocycles. The van der Waals surface area contributed by atoms with Gasteiger partial charge in [-0.1, -0.05) is 61.9 Å². The summed E-state index contributed by atoms with van der Waals surface area (Å²) in [6.07, 6.45) is 2.07. The fourth-order valence-electron chi connectivity index (χ4n) is 5.96. The Morgan fingerprint density at radius 2 is 1.19 bits per heavy atom. The monoisotopic (exact) mass is 423 g/mol. The molecular formula is C28H25NO3. The van der Waals surface area contributed by atoms with E-state index in [4.69, 9.17) is 4.74 Å². The van der Waals surface area contributed by atoms with Crippen LogP contribution in [0.2, 0.25) is 0 Å². The van der Waals surface area contributed by atoms with Gasteiger partial charge in [-0.25, -0.2) is 4.90 Å². The maximum absolute atomic E-state index is 13.7. The van der Waals surface area contributed by atoms with E-state index in [0.29, 0.717) is 12.3 Å². The molecule has 0 aromatic heterocycles. The first-order valence-corrected chi connectivity index (χ1v) is 11.5. The zero-order valence-corrected chi connectivity index (χ0v) is 18.0. The number of anilines is 1. The number of rotatable bonds is 5. The molecule has 0 spiro atoms. The van der Waals surface area contributed by atoms with Gasteiger partial charge in [0.2, 0.25) is 11.8 Å². The second-order valence-corrected chi connectivity index (χ2v) is 8.97. The minimum Gasteiger partial charge on any atom is -0.494 e. The average molecular weight is 424 g/mol. The fourth-order valence-corrected chi connectivity index (χ4v) is 5.96. The Bertz CT molecular complexity index is 1100. The van der Waals surface area contributed by atoms with Crippen molar-refractivity contribution in [3.8, 4) is 5.75 Å². The van der Waals surface area contributed by atoms with E-state index in [2.05, 4.69) is 31.2 Å². The highest BCUT2D eigenvalue weighted by Gasteiger charge is 2.61. The van der Waals surface area contributed by atoms with Crippen molar-refractivity contribution >= 4 is 17.5 Å². The predicted molar refractivity (Wildman–Crippen MR) is 123 cm³/mol. The zero-order chi connectivity index (χ0) is 21.8. The third-order valence-electron chi connectivity index (χ3n) is 7.31. The Balaban J connectivity index is 1.39. The van der Waals surface area contributed by atoms with Gasteiger partial charge in [-0.2, -0.15) is 0 Å². The maximum atomic E-state index is 13.7. The van der Waals surface area contributed by atoms with E-state index in [1.54, 1.807) is 0 Å². The van der Waals surface area contributed by atoms with E-state index in [1.165, 1.54) is 27.2 Å². The second-order valence-electron chi connectivity index (χ2n) is 8.97. The number of unbranched alkanes of at least 4 members (excludes halogenated alkanes) is 1. The number of carbonyl (C=O) groups excluding carboxylic acids is 2. The van der Waals surface area contributed by atoms with Gasteiger partial charge in [-0.3, -0.25) is 9.59 Å². The molecular weight excluding hydrogens is 398 g/mol. The molecule has 32 heavy (non-hydrogen) atoms. The van der Waals surface area contributed by atoms with Gasteiger partial charge in [0, 0.05) is 11.8 Å². The standard InChI is InChI=1S/C28H25NO3/c1-2-3-16-32-18-14-12-17(13-15-18)29-27(30)25-23-19-8-4-5-9-20(19)24(26(25)28(29)31)22-11-7-6-10-21(22)23/h4-15,23-26H,2-3,16H2,1H3/t23?,24?,25-,26-/m0/s1. The quantitative estimate of drug-likeness (QED) is 0.415. The molecule has 4 heteroatoms. The summed E-state index contributed by atoms with van der Waals surface area (Å²) in [5, 5.41) is 0. The van der Waals surface area contributed by atoms with Crippen molar-refractivity contribution in [1.29, 1.82) is 0 Å². The van der Waals surface area contributed by atoms with Crippen LogP contribution in [0.3, 0.4) is 0 Å². The lowest BCUT2D eigenvalue weighted by Gasteiger charge is -2.45. The van der Waals surface area contributed by atoms with Gasteiger partial charge in [0.25, 0.3) is 0 Å². The Labute approximate surface area is 187 Å². The highest BCUT2D eigenvalue weighted by molar-refractivity contribution is 6.23. The third kappa shape index (κ3) is 2.62. The van der Waals surface area contributed by atoms with Crippen molar-refractivity contribution < 1.29 is 14.3 Å². The third-order valence-corrected chi connectivity index (χ3v) is 7.31. The molecule has 0 N–H and O–H groups in total. The predicted octanol–water partition coefficient (Wildman–Crippen LogP) is 5.26. The molecule has 7 rings (SSSR count). The number of nitrogens with zero attached hydrogens (tertiary/aromatic N) is 1. The fraction of sp³-hybridized carbons (Fsp3) is 0.286. The van der Waals surface area contributed by atoms with E-state index >= 15 is 0 Å². The molecule has 160 valence electrons. The molecule has 1 fully saturated rings. The van der Waals surface area contributed by atoms with Crippen LogP contribution in [0.1, 0.15) is 53.9 Å². The van der Waals surface area contributed by atoms with Crippen LogP contribution in [0.15, 0.2) is 72.8 Å². The number of carbonyl (C=O) groups is 2. The highest BCUT2D eigenvalue weighted by atomic mass is 16.5. The summed E-state index contributed by atoms with van der Waals surface area (Å²) in [4.78, 5) is 28.9. The molecule has 0 unspecified atom stereocenters. The summed E-state index contributed by atoms with van der Waals surface area (Å²) in [6, 6.07) is 24.0. The number of ether oxygens (including phenoxy) is 1. The SMILES string of the molecule is CCCCOc1ccc(N2C(=O)[C@H]3C4c5ccccc5C(c5ccccc54)[C@@H]3C2=O)cc1. The first-order chi connectivity index (χ1) is 15.7. The second kappa shape index (κ2) is 7.33. The van der Waals surface area contributed by atoms with Crippen LogP contribution in [0.25, 0.3) is 0 Å². The van der Waals surface area contributed by atoms with Crippen LogP contribution >= 0.6 is 0 Å². The van der Waals surface area contributed by atoms with Crippen molar-refractivity contribution in [2.75, 3.05) is 11.5 Å². The molecule has 2 atom stereocenters. The molecule has 1 aliphatic heterocycles. The summed E-state index contributed by atoms with van der Waals surface area (Å²) in [7, 11) is 0. The molecule has 4 nitrogen and oxygen atoms in total. The van der Waals surface area contributed by atoms with Crippen molar-refractivity contribution in [3.63, 3.8) is 0 Å². The van der Waals surface area contributed by atoms with E-state index in [-0.39, 0.29) is 35.5 Å². The summed E-state index contributed by atoms with van der Waals surface area (Å²) < 4.78 is 5.75. The first kappa shape index (κ1) is 19.3. The van der Waals surface area contributed by atoms with Gasteiger partial charge in [0.05, 0.1) is 24.1 Å². The Morgan fingerprint density at radius 3 is 1.62 bits per heavy atom. The average Bonchev–Trinajstić information content (AvgIpc) is 3.10. The largest absolute Gasteiger partial charge is 0.494 e. The first-order valence-electron chi connectivity index (χ1n) is 11.5. The van der Waals surface area contributed by atoms with Crippen LogP contribution in [0.5, 0.6) is 5.75 Å². The molecule has 1 saturated heterocycles. The van der Waals surface area contributed by atoms with E-state index in [9.17, 15) is 9.59 Å². The molecule has 4 aliphatic rings. The summed E-state index contributed by atoms with van der Waals surface area (Å²) in [6.45, 7) is 2.79. The Morgan fingerprint density at radius 1 is 0.719 bits per heavy atom. The highest BCUT2D eigenvalue weighted by Crippen LogP contribution is 2.61. The number of hydrogen-bond donors (Lipinski definition) is 0. The topological polar surface area (TPSA) is 46.6 Å². The lowest BCUT2D eigenvalue weighted by Crippen LogP contribution is -2.41. The molecule has 3 aromatic rings. The summed E-state index contributed by atoms with van der Waals surface area (Å²) in [5.74, 6) is -0.252. The minimum atomic E-state index is -0.349. The smallest absolute Gasteiger partial charge is 0.238 e. The zero-order valence-electron chi connectivity index (χ0n) is 18.0. The number of amides is 2. The van der Waals surface area contributed by atoms with Crippen molar-refractivity contribution in [3.05, 3.63) is 95.1 Å². The minimum absolute atomic E-state index is 0.0736.